The first-order valence-electron chi connectivity index (χ1n) is 6.65. The van der Waals surface area contributed by atoms with Gasteiger partial charge in [0, 0.05) is 0 Å². The Morgan fingerprint density at radius 2 is 1.88 bits per heavy atom. The minimum Gasteiger partial charge on any atom is -0.352 e. The lowest BCUT2D eigenvalue weighted by Gasteiger charge is -2.07. The zero-order valence-corrected chi connectivity index (χ0v) is 12.5. The van der Waals surface area contributed by atoms with Crippen molar-refractivity contribution in [2.24, 2.45) is 0 Å². The summed E-state index contributed by atoms with van der Waals surface area (Å²) >= 11 is 0. The first kappa shape index (κ1) is 13.8. The van der Waals surface area contributed by atoms with E-state index in [1.807, 2.05) is 0 Å². The lowest BCUT2D eigenvalue weighted by atomic mass is 9.97. The van der Waals surface area contributed by atoms with Crippen LogP contribution in [0.2, 0.25) is 19.6 Å². The van der Waals surface area contributed by atoms with Gasteiger partial charge in [-0.2, -0.15) is 0 Å². The van der Waals surface area contributed by atoms with Gasteiger partial charge in [-0.1, -0.05) is 58.7 Å². The molecule has 0 aliphatic carbocycles. The molecule has 16 heavy (non-hydrogen) atoms. The summed E-state index contributed by atoms with van der Waals surface area (Å²) in [7, 11) is -1.26. The molecule has 0 unspecified atom stereocenters. The molecule has 0 radical (unpaired) electrons. The summed E-state index contributed by atoms with van der Waals surface area (Å²) < 4.78 is 5.89. The van der Waals surface area contributed by atoms with E-state index in [0.717, 1.165) is 6.42 Å². The van der Waals surface area contributed by atoms with Crippen molar-refractivity contribution in [3.63, 3.8) is 0 Å². The maximum absolute atomic E-state index is 5.89. The molecule has 0 aromatic rings. The van der Waals surface area contributed by atoms with Crippen molar-refractivity contribution in [3.05, 3.63) is 0 Å². The first-order valence-corrected chi connectivity index (χ1v) is 10.2. The third-order valence-corrected chi connectivity index (χ3v) is 3.78. The van der Waals surface area contributed by atoms with Crippen LogP contribution >= 0.6 is 0 Å². The third kappa shape index (κ3) is 3.96. The molecule has 1 saturated heterocycles. The van der Waals surface area contributed by atoms with E-state index in [-0.39, 0.29) is 5.60 Å². The van der Waals surface area contributed by atoms with E-state index in [0.29, 0.717) is 6.10 Å². The molecule has 1 aliphatic heterocycles. The second kappa shape index (κ2) is 5.38. The Morgan fingerprint density at radius 3 is 2.38 bits per heavy atom. The average Bonchev–Trinajstić information content (AvgIpc) is 2.86. The van der Waals surface area contributed by atoms with Gasteiger partial charge < -0.3 is 4.74 Å². The first-order chi connectivity index (χ1) is 7.43. The van der Waals surface area contributed by atoms with Crippen molar-refractivity contribution >= 4 is 8.07 Å². The molecule has 0 saturated carbocycles. The molecule has 2 atom stereocenters. The van der Waals surface area contributed by atoms with E-state index in [4.69, 9.17) is 4.74 Å². The van der Waals surface area contributed by atoms with Crippen LogP contribution in [-0.4, -0.2) is 19.8 Å². The van der Waals surface area contributed by atoms with E-state index in [2.05, 4.69) is 45.0 Å². The molecule has 2 heteroatoms. The van der Waals surface area contributed by atoms with Gasteiger partial charge in [0.25, 0.3) is 0 Å². The molecule has 1 nitrogen and oxygen atoms in total. The quantitative estimate of drug-likeness (QED) is 0.401. The largest absolute Gasteiger partial charge is 0.352 e. The van der Waals surface area contributed by atoms with Gasteiger partial charge >= 0.3 is 0 Å². The van der Waals surface area contributed by atoms with Crippen molar-refractivity contribution in [2.45, 2.75) is 77.3 Å². The van der Waals surface area contributed by atoms with Crippen molar-refractivity contribution in [1.29, 1.82) is 0 Å². The normalized spacial score (nSPS) is 28.4. The topological polar surface area (TPSA) is 12.5 Å². The number of ether oxygens (including phenoxy) is 1. The second-order valence-electron chi connectivity index (χ2n) is 5.89. The van der Waals surface area contributed by atoms with Crippen LogP contribution in [0.4, 0.5) is 0 Å². The lowest BCUT2D eigenvalue weighted by molar-refractivity contribution is 0.319. The van der Waals surface area contributed by atoms with E-state index >= 15 is 0 Å². The fraction of sp³-hybridized carbons (Fsp3) is 0.857. The molecule has 0 aromatic heterocycles. The number of hydrogen-bond donors (Lipinski definition) is 0. The van der Waals surface area contributed by atoms with Crippen LogP contribution in [0.5, 0.6) is 0 Å². The summed E-state index contributed by atoms with van der Waals surface area (Å²) in [6, 6.07) is 0. The number of hydrogen-bond acceptors (Lipinski definition) is 1. The molecular formula is C14H26OSi. The van der Waals surface area contributed by atoms with E-state index in [1.54, 1.807) is 0 Å². The highest BCUT2D eigenvalue weighted by Gasteiger charge is 2.53. The zero-order chi connectivity index (χ0) is 12.2. The van der Waals surface area contributed by atoms with Gasteiger partial charge in [-0.05, 0) is 12.8 Å². The van der Waals surface area contributed by atoms with E-state index in [1.165, 1.54) is 25.7 Å². The molecule has 0 aromatic carbocycles. The Morgan fingerprint density at radius 1 is 1.19 bits per heavy atom. The van der Waals surface area contributed by atoms with Crippen LogP contribution in [0.25, 0.3) is 0 Å². The maximum Gasteiger partial charge on any atom is 0.154 e. The molecule has 1 rings (SSSR count). The van der Waals surface area contributed by atoms with Crippen LogP contribution in [0.3, 0.4) is 0 Å². The van der Waals surface area contributed by atoms with Gasteiger partial charge in [-0.25, -0.2) is 0 Å². The Hall–Kier alpha value is -0.263. The van der Waals surface area contributed by atoms with Crippen molar-refractivity contribution < 1.29 is 4.74 Å². The summed E-state index contributed by atoms with van der Waals surface area (Å²) in [5.74, 6) is 3.46. The van der Waals surface area contributed by atoms with Gasteiger partial charge in [-0.15, -0.1) is 5.54 Å². The molecule has 0 N–H and O–H groups in total. The molecule has 1 heterocycles. The number of rotatable bonds is 5. The Kier molecular flexibility index (Phi) is 4.64. The minimum absolute atomic E-state index is 0.0514. The monoisotopic (exact) mass is 238 g/mol. The summed E-state index contributed by atoms with van der Waals surface area (Å²) in [5.41, 5.74) is 3.43. The van der Waals surface area contributed by atoms with Gasteiger partial charge in [0.05, 0.1) is 6.10 Å². The predicted octanol–water partition coefficient (Wildman–Crippen LogP) is 4.00. The van der Waals surface area contributed by atoms with Crippen molar-refractivity contribution in [2.75, 3.05) is 0 Å². The highest BCUT2D eigenvalue weighted by Crippen LogP contribution is 2.43. The Bertz CT molecular complexity index is 281. The van der Waals surface area contributed by atoms with Gasteiger partial charge in [0.15, 0.2) is 5.60 Å². The fourth-order valence-corrected chi connectivity index (χ4v) is 2.55. The van der Waals surface area contributed by atoms with Gasteiger partial charge in [0.2, 0.25) is 0 Å². The third-order valence-electron chi connectivity index (χ3n) is 2.91. The Balaban J connectivity index is 2.59. The lowest BCUT2D eigenvalue weighted by Crippen LogP contribution is -2.20. The minimum atomic E-state index is -1.26. The van der Waals surface area contributed by atoms with Crippen LogP contribution in [0, 0.1) is 11.5 Å². The molecule has 0 spiro atoms. The van der Waals surface area contributed by atoms with Crippen LogP contribution in [0.1, 0.15) is 46.0 Å². The average molecular weight is 238 g/mol. The summed E-state index contributed by atoms with van der Waals surface area (Å²) in [5, 5.41) is 0. The smallest absolute Gasteiger partial charge is 0.154 e. The molecule has 1 aliphatic rings. The highest BCUT2D eigenvalue weighted by molar-refractivity contribution is 6.83. The van der Waals surface area contributed by atoms with Crippen LogP contribution in [-0.2, 0) is 4.74 Å². The summed E-state index contributed by atoms with van der Waals surface area (Å²) in [6.07, 6.45) is 6.42. The van der Waals surface area contributed by atoms with Gasteiger partial charge in [0.1, 0.15) is 8.07 Å². The standard InChI is InChI=1S/C14H26OSi/c1-6-8-9-13-14(15-13,10-7-2)11-12-16(3,4)5/h13H,6-10H2,1-5H3/t13-,14-/m1/s1. The highest BCUT2D eigenvalue weighted by atomic mass is 28.3. The summed E-state index contributed by atoms with van der Waals surface area (Å²) in [4.78, 5) is 0. The number of epoxide rings is 1. The van der Waals surface area contributed by atoms with Gasteiger partial charge in [-0.3, -0.25) is 0 Å². The molecular weight excluding hydrogens is 212 g/mol. The fourth-order valence-electron chi connectivity index (χ4n) is 1.96. The molecule has 92 valence electrons. The SMILES string of the molecule is CCCC[C@H]1O[C@@]1(C#C[Si](C)(C)C)CCC. The van der Waals surface area contributed by atoms with E-state index < -0.39 is 8.07 Å². The van der Waals surface area contributed by atoms with E-state index in [9.17, 15) is 0 Å². The van der Waals surface area contributed by atoms with Crippen LogP contribution in [0.15, 0.2) is 0 Å². The summed E-state index contributed by atoms with van der Waals surface area (Å²) in [6.45, 7) is 11.3. The zero-order valence-electron chi connectivity index (χ0n) is 11.5. The molecule has 1 fully saturated rings. The molecule has 0 amide bonds. The second-order valence-corrected chi connectivity index (χ2v) is 10.6. The van der Waals surface area contributed by atoms with Crippen LogP contribution < -0.4 is 0 Å². The maximum atomic E-state index is 5.89. The van der Waals surface area contributed by atoms with Crippen molar-refractivity contribution in [3.8, 4) is 11.5 Å². The predicted molar refractivity (Wildman–Crippen MR) is 73.2 cm³/mol. The van der Waals surface area contributed by atoms with Crippen molar-refractivity contribution in [1.82, 2.24) is 0 Å². The molecule has 0 bridgehead atoms. The number of unbranched alkanes of at least 4 members (excludes halogenated alkanes) is 1. The Labute approximate surface area is 102 Å².